The first kappa shape index (κ1) is 15.0. The van der Waals surface area contributed by atoms with Gasteiger partial charge in [-0.2, -0.15) is 5.26 Å². The number of benzene rings is 1. The summed E-state index contributed by atoms with van der Waals surface area (Å²) in [7, 11) is 0. The molecule has 0 spiro atoms. The Labute approximate surface area is 139 Å². The van der Waals surface area contributed by atoms with Crippen LogP contribution in [-0.2, 0) is 0 Å². The summed E-state index contributed by atoms with van der Waals surface area (Å²) in [6.07, 6.45) is 8.57. The van der Waals surface area contributed by atoms with Crippen LogP contribution in [0.1, 0.15) is 55.6 Å². The second-order valence-corrected chi connectivity index (χ2v) is 7.59. The monoisotopic (exact) mass is 310 g/mol. The van der Waals surface area contributed by atoms with Crippen LogP contribution in [0, 0.1) is 23.2 Å². The van der Waals surface area contributed by atoms with E-state index in [0.29, 0.717) is 11.8 Å². The molecular weight excluding hydrogens is 284 g/mol. The molecule has 2 atom stereocenters. The third-order valence-electron chi connectivity index (χ3n) is 6.09. The van der Waals surface area contributed by atoms with Gasteiger partial charge in [-0.15, -0.1) is 0 Å². The molecule has 1 aromatic rings. The highest BCUT2D eigenvalue weighted by Gasteiger charge is 2.38. The van der Waals surface area contributed by atoms with Crippen LogP contribution in [0.4, 0.5) is 0 Å². The first-order chi connectivity index (χ1) is 11.3. The Morgan fingerprint density at radius 1 is 1.17 bits per heavy atom. The summed E-state index contributed by atoms with van der Waals surface area (Å²) in [6.45, 7) is 4.38. The molecule has 2 fully saturated rings. The molecule has 0 N–H and O–H groups in total. The first-order valence-corrected chi connectivity index (χ1v) is 9.22. The lowest BCUT2D eigenvalue weighted by Crippen LogP contribution is -2.26. The number of nitriles is 1. The lowest BCUT2D eigenvalue weighted by Gasteiger charge is -2.27. The molecular formula is C20H26N2O. The molecule has 3 aliphatic rings. The van der Waals surface area contributed by atoms with Crippen molar-refractivity contribution in [3.05, 3.63) is 29.3 Å². The Kier molecular flexibility index (Phi) is 4.27. The molecule has 0 bridgehead atoms. The van der Waals surface area contributed by atoms with Crippen molar-refractivity contribution in [2.24, 2.45) is 11.8 Å². The fraction of sp³-hybridized carbons (Fsp3) is 0.650. The van der Waals surface area contributed by atoms with E-state index in [9.17, 15) is 0 Å². The highest BCUT2D eigenvalue weighted by molar-refractivity contribution is 5.46. The zero-order valence-corrected chi connectivity index (χ0v) is 13.8. The van der Waals surface area contributed by atoms with Gasteiger partial charge in [-0.1, -0.05) is 32.1 Å². The normalized spacial score (nSPS) is 27.8. The molecule has 1 saturated carbocycles. The lowest BCUT2D eigenvalue weighted by atomic mass is 9.86. The number of nitrogens with zero attached hydrogens (tertiary/aromatic N) is 2. The van der Waals surface area contributed by atoms with E-state index >= 15 is 0 Å². The molecule has 0 aromatic heterocycles. The Morgan fingerprint density at radius 2 is 2.04 bits per heavy atom. The van der Waals surface area contributed by atoms with Crippen LogP contribution in [0.5, 0.6) is 5.75 Å². The van der Waals surface area contributed by atoms with E-state index in [1.54, 1.807) is 0 Å². The maximum absolute atomic E-state index is 9.16. The van der Waals surface area contributed by atoms with E-state index in [2.05, 4.69) is 17.0 Å². The van der Waals surface area contributed by atoms with Crippen molar-refractivity contribution in [2.75, 3.05) is 26.2 Å². The average molecular weight is 310 g/mol. The van der Waals surface area contributed by atoms with Crippen molar-refractivity contribution in [3.63, 3.8) is 0 Å². The summed E-state index contributed by atoms with van der Waals surface area (Å²) >= 11 is 0. The van der Waals surface area contributed by atoms with Crippen LogP contribution in [0.3, 0.4) is 0 Å². The summed E-state index contributed by atoms with van der Waals surface area (Å²) in [5.41, 5.74) is 2.02. The van der Waals surface area contributed by atoms with Crippen LogP contribution in [0.2, 0.25) is 0 Å². The van der Waals surface area contributed by atoms with E-state index in [-0.39, 0.29) is 0 Å². The third kappa shape index (κ3) is 3.10. The Bertz CT molecular complexity index is 600. The first-order valence-electron chi connectivity index (χ1n) is 9.22. The number of rotatable bonds is 3. The van der Waals surface area contributed by atoms with E-state index in [1.807, 2.05) is 12.1 Å². The predicted octanol–water partition coefficient (Wildman–Crippen LogP) is 3.94. The van der Waals surface area contributed by atoms with Crippen LogP contribution >= 0.6 is 0 Å². The van der Waals surface area contributed by atoms with Crippen LogP contribution in [0.15, 0.2) is 18.2 Å². The van der Waals surface area contributed by atoms with E-state index in [4.69, 9.17) is 10.00 Å². The van der Waals surface area contributed by atoms with Crippen molar-refractivity contribution in [1.29, 1.82) is 5.26 Å². The predicted molar refractivity (Wildman–Crippen MR) is 90.5 cm³/mol. The largest absolute Gasteiger partial charge is 0.493 e. The third-order valence-corrected chi connectivity index (χ3v) is 6.09. The molecule has 3 heteroatoms. The van der Waals surface area contributed by atoms with Gasteiger partial charge in [0.1, 0.15) is 5.75 Å². The van der Waals surface area contributed by atoms with Crippen LogP contribution in [-0.4, -0.2) is 31.1 Å². The van der Waals surface area contributed by atoms with Gasteiger partial charge >= 0.3 is 0 Å². The molecule has 0 radical (unpaired) electrons. The Hall–Kier alpha value is -1.53. The number of fused-ring (bicyclic) bond motifs is 3. The van der Waals surface area contributed by atoms with Crippen LogP contribution in [0.25, 0.3) is 0 Å². The van der Waals surface area contributed by atoms with Gasteiger partial charge < -0.3 is 9.64 Å². The molecule has 0 unspecified atom stereocenters. The van der Waals surface area contributed by atoms with Crippen LogP contribution < -0.4 is 4.74 Å². The smallest absolute Gasteiger partial charge is 0.122 e. The van der Waals surface area contributed by atoms with Crippen molar-refractivity contribution in [2.45, 2.75) is 44.4 Å². The van der Waals surface area contributed by atoms with Gasteiger partial charge in [-0.05, 0) is 37.1 Å². The van der Waals surface area contributed by atoms with Gasteiger partial charge in [-0.3, -0.25) is 0 Å². The number of hydrogen-bond acceptors (Lipinski definition) is 3. The second kappa shape index (κ2) is 6.53. The minimum absolute atomic E-state index is 0.554. The summed E-state index contributed by atoms with van der Waals surface area (Å²) < 4.78 is 5.94. The zero-order valence-electron chi connectivity index (χ0n) is 13.8. The molecule has 2 heterocycles. The van der Waals surface area contributed by atoms with Gasteiger partial charge in [0.2, 0.25) is 0 Å². The summed E-state index contributed by atoms with van der Waals surface area (Å²) in [5.74, 6) is 3.11. The van der Waals surface area contributed by atoms with Crippen molar-refractivity contribution in [1.82, 2.24) is 4.90 Å². The van der Waals surface area contributed by atoms with Crippen molar-refractivity contribution >= 4 is 0 Å². The molecule has 23 heavy (non-hydrogen) atoms. The van der Waals surface area contributed by atoms with Gasteiger partial charge in [0.15, 0.2) is 0 Å². The maximum atomic E-state index is 9.16. The van der Waals surface area contributed by atoms with Crippen molar-refractivity contribution in [3.8, 4) is 11.8 Å². The molecule has 1 saturated heterocycles. The molecule has 1 aliphatic carbocycles. The minimum atomic E-state index is 0.554. The number of ether oxygens (including phenoxy) is 1. The second-order valence-electron chi connectivity index (χ2n) is 7.59. The molecule has 3 nitrogen and oxygen atoms in total. The molecule has 122 valence electrons. The topological polar surface area (TPSA) is 36.3 Å². The quantitative estimate of drug-likeness (QED) is 0.848. The summed E-state index contributed by atoms with van der Waals surface area (Å²) in [5, 5.41) is 9.16. The van der Waals surface area contributed by atoms with Gasteiger partial charge in [0, 0.05) is 30.5 Å². The molecule has 2 aliphatic heterocycles. The molecule has 0 amide bonds. The Balaban J connectivity index is 1.41. The fourth-order valence-corrected chi connectivity index (χ4v) is 4.74. The maximum Gasteiger partial charge on any atom is 0.122 e. The highest BCUT2D eigenvalue weighted by atomic mass is 16.5. The highest BCUT2D eigenvalue weighted by Crippen LogP contribution is 2.42. The fourth-order valence-electron chi connectivity index (χ4n) is 4.74. The SMILES string of the molecule is N#Cc1ccc2c(c1)[C@@H]1CN(CCC3CCCCC3)C[C@H]1CO2. The van der Waals surface area contributed by atoms with Gasteiger partial charge in [-0.25, -0.2) is 0 Å². The van der Waals surface area contributed by atoms with Gasteiger partial charge in [0.25, 0.3) is 0 Å². The van der Waals surface area contributed by atoms with Crippen molar-refractivity contribution < 1.29 is 4.74 Å². The van der Waals surface area contributed by atoms with E-state index in [0.717, 1.165) is 36.9 Å². The standard InChI is InChI=1S/C20H26N2O/c21-11-16-6-7-20-18(10-16)19-13-22(12-17(19)14-23-20)9-8-15-4-2-1-3-5-15/h6-7,10,15,17,19H,1-5,8-9,12-14H2/t17-,19+/m0/s1. The molecule has 4 rings (SSSR count). The summed E-state index contributed by atoms with van der Waals surface area (Å²) in [6, 6.07) is 8.17. The Morgan fingerprint density at radius 3 is 2.87 bits per heavy atom. The lowest BCUT2D eigenvalue weighted by molar-refractivity contribution is 0.209. The number of likely N-dealkylation sites (tertiary alicyclic amines) is 1. The zero-order chi connectivity index (χ0) is 15.6. The van der Waals surface area contributed by atoms with E-state index < -0.39 is 0 Å². The average Bonchev–Trinajstić information content (AvgIpc) is 3.04. The summed E-state index contributed by atoms with van der Waals surface area (Å²) in [4.78, 5) is 2.64. The van der Waals surface area contributed by atoms with E-state index in [1.165, 1.54) is 50.6 Å². The molecule has 1 aromatic carbocycles. The van der Waals surface area contributed by atoms with Gasteiger partial charge in [0.05, 0.1) is 18.2 Å². The minimum Gasteiger partial charge on any atom is -0.493 e. The number of hydrogen-bond donors (Lipinski definition) is 0.